The summed E-state index contributed by atoms with van der Waals surface area (Å²) in [5, 5.41) is 0. The van der Waals surface area contributed by atoms with Crippen LogP contribution in [-0.4, -0.2) is 5.91 Å². The van der Waals surface area contributed by atoms with Crippen molar-refractivity contribution < 1.29 is 13.9 Å². The molecule has 1 aromatic carbocycles. The molecule has 0 fully saturated rings. The fraction of sp³-hybridized carbons (Fsp3) is 0.154. The first-order valence-electron chi connectivity index (χ1n) is 5.80. The first-order valence-corrected chi connectivity index (χ1v) is 8.18. The molecule has 0 unspecified atom stereocenters. The van der Waals surface area contributed by atoms with Gasteiger partial charge in [0.15, 0.2) is 5.76 Å². The van der Waals surface area contributed by atoms with E-state index in [0.29, 0.717) is 17.1 Å². The molecule has 5 nitrogen and oxygen atoms in total. The highest BCUT2D eigenvalue weighted by atomic mass is 79.9. The van der Waals surface area contributed by atoms with E-state index in [9.17, 15) is 4.79 Å². The fourth-order valence-corrected chi connectivity index (χ4v) is 4.21. The van der Waals surface area contributed by atoms with Crippen molar-refractivity contribution in [3.8, 4) is 5.75 Å². The number of nitrogens with two attached hydrogens (primary N) is 1. The summed E-state index contributed by atoms with van der Waals surface area (Å²) in [5.74, 6) is 6.00. The van der Waals surface area contributed by atoms with Gasteiger partial charge >= 0.3 is 5.91 Å². The number of hydrogen-bond acceptors (Lipinski definition) is 4. The number of hydrazine groups is 1. The number of furan rings is 1. The number of aryl methyl sites for hydroxylation is 1. The summed E-state index contributed by atoms with van der Waals surface area (Å²) in [6.45, 7) is 1.96. The van der Waals surface area contributed by atoms with E-state index in [2.05, 4.69) is 47.8 Å². The Morgan fingerprint density at radius 3 is 2.48 bits per heavy atom. The van der Waals surface area contributed by atoms with Crippen molar-refractivity contribution in [2.24, 2.45) is 5.84 Å². The van der Waals surface area contributed by atoms with Gasteiger partial charge in [-0.05, 0) is 57.0 Å². The average molecular weight is 483 g/mol. The van der Waals surface area contributed by atoms with E-state index in [1.807, 2.05) is 17.6 Å². The van der Waals surface area contributed by atoms with Crippen molar-refractivity contribution in [1.82, 2.24) is 5.43 Å². The Bertz CT molecular complexity index is 662. The number of rotatable bonds is 4. The van der Waals surface area contributed by atoms with Gasteiger partial charge in [0.25, 0.3) is 0 Å². The summed E-state index contributed by atoms with van der Waals surface area (Å²) >= 11 is 10.2. The summed E-state index contributed by atoms with van der Waals surface area (Å²) in [7, 11) is 0. The lowest BCUT2D eigenvalue weighted by Crippen LogP contribution is -2.30. The Kier molecular flexibility index (Phi) is 5.48. The minimum atomic E-state index is -0.468. The second-order valence-corrected chi connectivity index (χ2v) is 6.81. The number of hydrogen-bond donors (Lipinski definition) is 2. The van der Waals surface area contributed by atoms with Crippen LogP contribution in [0.15, 0.2) is 36.0 Å². The second-order valence-electron chi connectivity index (χ2n) is 4.19. The van der Waals surface area contributed by atoms with Crippen molar-refractivity contribution in [2.75, 3.05) is 0 Å². The van der Waals surface area contributed by atoms with Crippen LogP contribution in [0.1, 0.15) is 21.9 Å². The topological polar surface area (TPSA) is 77.5 Å². The lowest BCUT2D eigenvalue weighted by molar-refractivity contribution is 0.0921. The van der Waals surface area contributed by atoms with Gasteiger partial charge in [0, 0.05) is 10.0 Å². The molecular formula is C13H11Br3N2O3. The summed E-state index contributed by atoms with van der Waals surface area (Å²) < 4.78 is 13.7. The summed E-state index contributed by atoms with van der Waals surface area (Å²) in [6.07, 6.45) is 0. The molecule has 0 bridgehead atoms. The molecule has 2 rings (SSSR count). The van der Waals surface area contributed by atoms with E-state index < -0.39 is 5.91 Å². The largest absolute Gasteiger partial charge is 0.483 e. The smallest absolute Gasteiger partial charge is 0.301 e. The van der Waals surface area contributed by atoms with E-state index in [1.165, 1.54) is 0 Å². The zero-order valence-electron chi connectivity index (χ0n) is 10.9. The molecule has 1 aromatic heterocycles. The zero-order chi connectivity index (χ0) is 15.6. The molecule has 0 aliphatic carbocycles. The highest BCUT2D eigenvalue weighted by Crippen LogP contribution is 2.37. The van der Waals surface area contributed by atoms with Crippen LogP contribution in [0.4, 0.5) is 0 Å². The van der Waals surface area contributed by atoms with Crippen LogP contribution in [0, 0.1) is 6.92 Å². The van der Waals surface area contributed by atoms with Crippen LogP contribution in [-0.2, 0) is 6.61 Å². The molecule has 2 aromatic rings. The Labute approximate surface area is 146 Å². The Morgan fingerprint density at radius 1 is 1.29 bits per heavy atom. The predicted octanol–water partition coefficient (Wildman–Crippen LogP) is 4.06. The number of benzene rings is 1. The maximum atomic E-state index is 11.5. The molecule has 0 aliphatic heterocycles. The number of amides is 1. The third-order valence-electron chi connectivity index (χ3n) is 2.63. The quantitative estimate of drug-likeness (QED) is 0.391. The van der Waals surface area contributed by atoms with Gasteiger partial charge in [-0.3, -0.25) is 10.2 Å². The van der Waals surface area contributed by atoms with Gasteiger partial charge in [-0.1, -0.05) is 15.9 Å². The maximum absolute atomic E-state index is 11.5. The summed E-state index contributed by atoms with van der Waals surface area (Å²) in [5.41, 5.74) is 2.74. The number of carbonyl (C=O) groups excluding carboxylic acids is 1. The van der Waals surface area contributed by atoms with E-state index in [0.717, 1.165) is 13.4 Å². The van der Waals surface area contributed by atoms with Gasteiger partial charge in [0.1, 0.15) is 18.1 Å². The molecule has 0 saturated carbocycles. The van der Waals surface area contributed by atoms with Gasteiger partial charge in [-0.25, -0.2) is 5.84 Å². The highest BCUT2D eigenvalue weighted by molar-refractivity contribution is 9.11. The fourth-order valence-electron chi connectivity index (χ4n) is 1.72. The molecular weight excluding hydrogens is 472 g/mol. The molecule has 112 valence electrons. The van der Waals surface area contributed by atoms with Crippen molar-refractivity contribution in [3.63, 3.8) is 0 Å². The summed E-state index contributed by atoms with van der Waals surface area (Å²) in [6, 6.07) is 5.49. The Balaban J connectivity index is 2.16. The van der Waals surface area contributed by atoms with Crippen molar-refractivity contribution >= 4 is 53.7 Å². The van der Waals surface area contributed by atoms with E-state index >= 15 is 0 Å². The van der Waals surface area contributed by atoms with E-state index in [-0.39, 0.29) is 12.4 Å². The minimum absolute atomic E-state index is 0.185. The summed E-state index contributed by atoms with van der Waals surface area (Å²) in [4.78, 5) is 11.5. The van der Waals surface area contributed by atoms with Gasteiger partial charge < -0.3 is 9.15 Å². The molecule has 0 spiro atoms. The molecule has 0 atom stereocenters. The lowest BCUT2D eigenvalue weighted by atomic mass is 10.2. The number of nitrogens with one attached hydrogen (secondary N) is 1. The van der Waals surface area contributed by atoms with Crippen LogP contribution < -0.4 is 16.0 Å². The monoisotopic (exact) mass is 480 g/mol. The van der Waals surface area contributed by atoms with E-state index in [4.69, 9.17) is 15.0 Å². The predicted molar refractivity (Wildman–Crippen MR) is 89.0 cm³/mol. The number of halogens is 3. The first kappa shape index (κ1) is 16.5. The van der Waals surface area contributed by atoms with Crippen molar-refractivity contribution in [2.45, 2.75) is 13.5 Å². The van der Waals surface area contributed by atoms with Crippen LogP contribution in [0.2, 0.25) is 0 Å². The molecule has 0 aliphatic rings. The molecule has 0 saturated heterocycles. The highest BCUT2D eigenvalue weighted by Gasteiger charge is 2.16. The number of nitrogen functional groups attached to an aromatic ring is 1. The van der Waals surface area contributed by atoms with Crippen molar-refractivity contribution in [3.05, 3.63) is 48.7 Å². The van der Waals surface area contributed by atoms with Crippen LogP contribution in [0.5, 0.6) is 5.75 Å². The standard InChI is InChI=1S/C13H11Br3N2O3/c1-6-2-8(21-11(6)13(19)18-17)5-20-12-9(15)3-7(14)4-10(12)16/h2-4H,5,17H2,1H3,(H,18,19). The molecule has 1 amide bonds. The molecule has 8 heteroatoms. The SMILES string of the molecule is Cc1cc(COc2c(Br)cc(Br)cc2Br)oc1C(=O)NN. The first-order chi connectivity index (χ1) is 9.92. The number of carbonyl (C=O) groups is 1. The van der Waals surface area contributed by atoms with Gasteiger partial charge in [-0.15, -0.1) is 0 Å². The number of ether oxygens (including phenoxy) is 1. The normalized spacial score (nSPS) is 10.5. The zero-order valence-corrected chi connectivity index (χ0v) is 15.6. The van der Waals surface area contributed by atoms with Gasteiger partial charge in [-0.2, -0.15) is 0 Å². The molecule has 3 N–H and O–H groups in total. The Morgan fingerprint density at radius 2 is 1.90 bits per heavy atom. The Hall–Kier alpha value is -0.830. The van der Waals surface area contributed by atoms with Gasteiger partial charge in [0.2, 0.25) is 0 Å². The minimum Gasteiger partial charge on any atom is -0.483 e. The maximum Gasteiger partial charge on any atom is 0.301 e. The third kappa shape index (κ3) is 3.88. The van der Waals surface area contributed by atoms with Crippen LogP contribution in [0.25, 0.3) is 0 Å². The van der Waals surface area contributed by atoms with Crippen LogP contribution >= 0.6 is 47.8 Å². The third-order valence-corrected chi connectivity index (χ3v) is 4.26. The average Bonchev–Trinajstić information content (AvgIpc) is 2.78. The second kappa shape index (κ2) is 6.95. The molecule has 0 radical (unpaired) electrons. The lowest BCUT2D eigenvalue weighted by Gasteiger charge is -2.09. The molecule has 21 heavy (non-hydrogen) atoms. The van der Waals surface area contributed by atoms with Crippen molar-refractivity contribution in [1.29, 1.82) is 0 Å². The van der Waals surface area contributed by atoms with E-state index in [1.54, 1.807) is 13.0 Å². The molecule has 1 heterocycles. The van der Waals surface area contributed by atoms with Gasteiger partial charge in [0.05, 0.1) is 8.95 Å². The van der Waals surface area contributed by atoms with Crippen LogP contribution in [0.3, 0.4) is 0 Å².